The van der Waals surface area contributed by atoms with Gasteiger partial charge in [-0.1, -0.05) is 32.9 Å². The summed E-state index contributed by atoms with van der Waals surface area (Å²) in [6.07, 6.45) is -1.81. The first-order chi connectivity index (χ1) is 14.0. The number of ether oxygens (including phenoxy) is 2. The van der Waals surface area contributed by atoms with E-state index < -0.39 is 18.2 Å². The number of rotatable bonds is 4. The molecule has 9 heteroatoms. The summed E-state index contributed by atoms with van der Waals surface area (Å²) in [6, 6.07) is 7.04. The first kappa shape index (κ1) is 21.5. The first-order valence-corrected chi connectivity index (χ1v) is 9.63. The Balaban J connectivity index is 2.26. The SMILES string of the molecule is COc1ccc(-c2c(OC(N)=O)c3n(c2C)CCN(OC(N)=O)C3C(C)(C)C)cc1. The highest BCUT2D eigenvalue weighted by atomic mass is 16.7. The maximum Gasteiger partial charge on any atom is 0.423 e. The van der Waals surface area contributed by atoms with Crippen LogP contribution in [0.5, 0.6) is 11.5 Å². The van der Waals surface area contributed by atoms with E-state index in [4.69, 9.17) is 25.8 Å². The van der Waals surface area contributed by atoms with Gasteiger partial charge >= 0.3 is 12.2 Å². The Morgan fingerprint density at radius 1 is 1.07 bits per heavy atom. The van der Waals surface area contributed by atoms with Gasteiger partial charge in [0.2, 0.25) is 0 Å². The summed E-state index contributed by atoms with van der Waals surface area (Å²) in [5.41, 5.74) is 13.6. The lowest BCUT2D eigenvalue weighted by Gasteiger charge is -2.42. The van der Waals surface area contributed by atoms with Gasteiger partial charge in [-0.05, 0) is 30.0 Å². The number of carbonyl (C=O) groups is 2. The van der Waals surface area contributed by atoms with E-state index in [0.29, 0.717) is 30.3 Å². The smallest absolute Gasteiger partial charge is 0.423 e. The van der Waals surface area contributed by atoms with E-state index in [1.807, 2.05) is 52.0 Å². The molecule has 1 aromatic carbocycles. The van der Waals surface area contributed by atoms with E-state index >= 15 is 0 Å². The highest BCUT2D eigenvalue weighted by Gasteiger charge is 2.43. The predicted molar refractivity (Wildman–Crippen MR) is 111 cm³/mol. The van der Waals surface area contributed by atoms with Gasteiger partial charge in [0.1, 0.15) is 5.75 Å². The zero-order valence-electron chi connectivity index (χ0n) is 17.9. The van der Waals surface area contributed by atoms with Gasteiger partial charge in [0.15, 0.2) is 5.75 Å². The molecule has 0 spiro atoms. The van der Waals surface area contributed by atoms with E-state index in [-0.39, 0.29) is 5.41 Å². The van der Waals surface area contributed by atoms with Crippen LogP contribution in [0.25, 0.3) is 11.1 Å². The monoisotopic (exact) mass is 416 g/mol. The summed E-state index contributed by atoms with van der Waals surface area (Å²) in [4.78, 5) is 28.6. The number of fused-ring (bicyclic) bond motifs is 1. The van der Waals surface area contributed by atoms with Crippen LogP contribution in [0, 0.1) is 12.3 Å². The van der Waals surface area contributed by atoms with Crippen molar-refractivity contribution in [3.63, 3.8) is 0 Å². The molecule has 0 bridgehead atoms. The van der Waals surface area contributed by atoms with Crippen molar-refractivity contribution in [1.29, 1.82) is 0 Å². The minimum Gasteiger partial charge on any atom is -0.497 e. The van der Waals surface area contributed by atoms with Gasteiger partial charge in [-0.3, -0.25) is 0 Å². The number of carbonyl (C=O) groups excluding carboxylic acids is 2. The van der Waals surface area contributed by atoms with Crippen LogP contribution in [0.15, 0.2) is 24.3 Å². The van der Waals surface area contributed by atoms with E-state index in [1.165, 1.54) is 0 Å². The molecule has 1 atom stereocenters. The van der Waals surface area contributed by atoms with Crippen LogP contribution in [0.2, 0.25) is 0 Å². The van der Waals surface area contributed by atoms with Crippen molar-refractivity contribution in [3.05, 3.63) is 35.7 Å². The lowest BCUT2D eigenvalue weighted by atomic mass is 9.83. The van der Waals surface area contributed by atoms with Gasteiger partial charge in [0.05, 0.1) is 25.4 Å². The molecule has 0 radical (unpaired) electrons. The number of benzene rings is 1. The molecule has 3 rings (SSSR count). The third-order valence-electron chi connectivity index (χ3n) is 5.22. The number of hydrogen-bond donors (Lipinski definition) is 2. The van der Waals surface area contributed by atoms with Crippen molar-refractivity contribution in [2.24, 2.45) is 16.9 Å². The Kier molecular flexibility index (Phi) is 5.67. The second-order valence-corrected chi connectivity index (χ2v) is 8.30. The molecule has 0 saturated heterocycles. The largest absolute Gasteiger partial charge is 0.497 e. The zero-order chi connectivity index (χ0) is 22.2. The van der Waals surface area contributed by atoms with Crippen molar-refractivity contribution < 1.29 is 23.9 Å². The summed E-state index contributed by atoms with van der Waals surface area (Å²) in [5, 5.41) is 1.54. The van der Waals surface area contributed by atoms with E-state index in [0.717, 1.165) is 16.8 Å². The second-order valence-electron chi connectivity index (χ2n) is 8.30. The molecular formula is C21H28N4O5. The Hall–Kier alpha value is -3.20. The molecule has 30 heavy (non-hydrogen) atoms. The fourth-order valence-electron chi connectivity index (χ4n) is 4.11. The Bertz CT molecular complexity index is 959. The number of hydrogen-bond acceptors (Lipinski definition) is 6. The van der Waals surface area contributed by atoms with Crippen LogP contribution < -0.4 is 20.9 Å². The van der Waals surface area contributed by atoms with Crippen molar-refractivity contribution in [2.45, 2.75) is 40.3 Å². The number of nitrogens with two attached hydrogens (primary N) is 2. The Labute approximate surface area is 175 Å². The molecule has 0 saturated carbocycles. The van der Waals surface area contributed by atoms with Crippen molar-refractivity contribution in [2.75, 3.05) is 13.7 Å². The molecule has 9 nitrogen and oxygen atoms in total. The number of primary amides is 2. The van der Waals surface area contributed by atoms with Gasteiger partial charge < -0.3 is 30.3 Å². The minimum absolute atomic E-state index is 0.350. The lowest BCUT2D eigenvalue weighted by molar-refractivity contribution is -0.168. The van der Waals surface area contributed by atoms with Gasteiger partial charge in [-0.2, -0.15) is 0 Å². The van der Waals surface area contributed by atoms with Crippen molar-refractivity contribution >= 4 is 12.2 Å². The summed E-state index contributed by atoms with van der Waals surface area (Å²) in [6.45, 7) is 8.94. The van der Waals surface area contributed by atoms with Crippen LogP contribution >= 0.6 is 0 Å². The average Bonchev–Trinajstić information content (AvgIpc) is 2.91. The average molecular weight is 416 g/mol. The van der Waals surface area contributed by atoms with E-state index in [1.54, 1.807) is 12.2 Å². The van der Waals surface area contributed by atoms with Crippen LogP contribution in [0.1, 0.15) is 38.2 Å². The normalized spacial score (nSPS) is 16.6. The number of methoxy groups -OCH3 is 1. The van der Waals surface area contributed by atoms with Gasteiger partial charge in [0.25, 0.3) is 0 Å². The Morgan fingerprint density at radius 3 is 2.20 bits per heavy atom. The van der Waals surface area contributed by atoms with Gasteiger partial charge in [-0.25, -0.2) is 9.59 Å². The van der Waals surface area contributed by atoms with Gasteiger partial charge in [-0.15, -0.1) is 5.06 Å². The fourth-order valence-corrected chi connectivity index (χ4v) is 4.11. The summed E-state index contributed by atoms with van der Waals surface area (Å²) >= 11 is 0. The summed E-state index contributed by atoms with van der Waals surface area (Å²) in [5.74, 6) is 1.06. The molecule has 0 fully saturated rings. The number of hydroxylamine groups is 2. The van der Waals surface area contributed by atoms with Crippen LogP contribution in [0.4, 0.5) is 9.59 Å². The number of amides is 2. The third-order valence-corrected chi connectivity index (χ3v) is 5.22. The molecule has 1 aliphatic heterocycles. The quantitative estimate of drug-likeness (QED) is 0.788. The predicted octanol–water partition coefficient (Wildman–Crippen LogP) is 3.34. The molecule has 1 aliphatic rings. The second kappa shape index (κ2) is 7.91. The summed E-state index contributed by atoms with van der Waals surface area (Å²) in [7, 11) is 1.60. The Morgan fingerprint density at radius 2 is 1.70 bits per heavy atom. The van der Waals surface area contributed by atoms with Crippen LogP contribution in [-0.2, 0) is 11.4 Å². The van der Waals surface area contributed by atoms with E-state index in [2.05, 4.69) is 4.57 Å². The van der Waals surface area contributed by atoms with Crippen molar-refractivity contribution in [3.8, 4) is 22.6 Å². The molecule has 4 N–H and O–H groups in total. The van der Waals surface area contributed by atoms with Crippen molar-refractivity contribution in [1.82, 2.24) is 9.63 Å². The fraction of sp³-hybridized carbons (Fsp3) is 0.429. The number of aromatic nitrogens is 1. The molecule has 1 aromatic heterocycles. The molecular weight excluding hydrogens is 388 g/mol. The maximum atomic E-state index is 11.8. The lowest BCUT2D eigenvalue weighted by Crippen LogP contribution is -2.46. The molecule has 2 amide bonds. The maximum absolute atomic E-state index is 11.8. The first-order valence-electron chi connectivity index (χ1n) is 9.63. The van der Waals surface area contributed by atoms with E-state index in [9.17, 15) is 9.59 Å². The topological polar surface area (TPSA) is 122 Å². The van der Waals surface area contributed by atoms with Crippen LogP contribution in [-0.4, -0.2) is 35.5 Å². The molecule has 2 heterocycles. The van der Waals surface area contributed by atoms with Crippen LogP contribution in [0.3, 0.4) is 0 Å². The third kappa shape index (κ3) is 3.93. The minimum atomic E-state index is -0.918. The zero-order valence-corrected chi connectivity index (χ0v) is 17.9. The standard InChI is InChI=1S/C21H28N4O5/c1-12-15(13-6-8-14(28-5)9-7-13)17(29-19(22)26)16-18(21(2,3)4)25(30-20(23)27)11-10-24(12)16/h6-9,18H,10-11H2,1-5H3,(H2,22,26)(H2,23,27). The molecule has 2 aromatic rings. The molecule has 0 aliphatic carbocycles. The molecule has 1 unspecified atom stereocenters. The highest BCUT2D eigenvalue weighted by molar-refractivity contribution is 5.80. The number of nitrogens with zero attached hydrogens (tertiary/aromatic N) is 2. The van der Waals surface area contributed by atoms with Gasteiger partial charge in [0, 0.05) is 17.8 Å². The highest BCUT2D eigenvalue weighted by Crippen LogP contribution is 2.50. The molecule has 162 valence electrons. The summed E-state index contributed by atoms with van der Waals surface area (Å²) < 4.78 is 12.9.